The Morgan fingerprint density at radius 3 is 1.88 bits per heavy atom. The second-order valence-corrected chi connectivity index (χ2v) is 4.71. The summed E-state index contributed by atoms with van der Waals surface area (Å²) >= 11 is 2.46. The van der Waals surface area contributed by atoms with E-state index < -0.39 is 0 Å². The predicted octanol–water partition coefficient (Wildman–Crippen LogP) is 2.11. The van der Waals surface area contributed by atoms with Crippen molar-refractivity contribution >= 4 is 22.6 Å². The van der Waals surface area contributed by atoms with Gasteiger partial charge in [-0.15, -0.1) is 0 Å². The van der Waals surface area contributed by atoms with Gasteiger partial charge in [-0.2, -0.15) is 0 Å². The van der Waals surface area contributed by atoms with Gasteiger partial charge in [0.25, 0.3) is 0 Å². The summed E-state index contributed by atoms with van der Waals surface area (Å²) in [6.07, 6.45) is 1.19. The minimum absolute atomic E-state index is 0.345. The van der Waals surface area contributed by atoms with Crippen LogP contribution in [0.15, 0.2) is 0 Å². The van der Waals surface area contributed by atoms with Gasteiger partial charge in [0.05, 0.1) is 3.55 Å². The summed E-state index contributed by atoms with van der Waals surface area (Å²) in [5.41, 5.74) is 0. The Kier molecular flexibility index (Phi) is 3.27. The number of alkyl halides is 1. The summed E-state index contributed by atoms with van der Waals surface area (Å²) in [7, 11) is 4.21. The average Bonchev–Trinajstić information content (AvgIpc) is 1.67. The molecule has 0 aromatic heterocycles. The summed E-state index contributed by atoms with van der Waals surface area (Å²) in [5, 5.41) is 0. The molecule has 0 saturated heterocycles. The molecule has 0 amide bonds. The molecule has 0 aliphatic heterocycles. The molecule has 0 rings (SSSR count). The Balaban J connectivity index is 3.71. The van der Waals surface area contributed by atoms with E-state index in [0.29, 0.717) is 3.55 Å². The lowest BCUT2D eigenvalue weighted by atomic mass is 10.2. The maximum Gasteiger partial charge on any atom is 0.0694 e. The van der Waals surface area contributed by atoms with E-state index in [0.717, 1.165) is 0 Å². The molecule has 8 heavy (non-hydrogen) atoms. The van der Waals surface area contributed by atoms with E-state index in [-0.39, 0.29) is 0 Å². The Hall–Kier alpha value is 0.690. The van der Waals surface area contributed by atoms with Crippen molar-refractivity contribution in [3.8, 4) is 0 Å². The third kappa shape index (κ3) is 2.31. The first-order chi connectivity index (χ1) is 3.50. The van der Waals surface area contributed by atoms with Gasteiger partial charge in [-0.1, -0.05) is 29.5 Å². The quantitative estimate of drug-likeness (QED) is 0.396. The summed E-state index contributed by atoms with van der Waals surface area (Å²) in [4.78, 5) is 2.23. The van der Waals surface area contributed by atoms with Crippen LogP contribution in [0.4, 0.5) is 0 Å². The van der Waals surface area contributed by atoms with Crippen LogP contribution in [0.2, 0.25) is 0 Å². The van der Waals surface area contributed by atoms with Crippen LogP contribution in [0, 0.1) is 0 Å². The van der Waals surface area contributed by atoms with Gasteiger partial charge in [0.15, 0.2) is 0 Å². The Bertz CT molecular complexity index is 68.9. The monoisotopic (exact) mass is 227 g/mol. The molecule has 0 heterocycles. The van der Waals surface area contributed by atoms with Gasteiger partial charge >= 0.3 is 0 Å². The molecule has 0 fully saturated rings. The molecule has 50 valence electrons. The summed E-state index contributed by atoms with van der Waals surface area (Å²) in [6.45, 7) is 4.43. The molecular formula is C6H14IN. The fourth-order valence-electron chi connectivity index (χ4n) is 0.316. The molecule has 0 aromatic carbocycles. The number of nitrogens with zero attached hydrogens (tertiary/aromatic N) is 1. The Labute approximate surface area is 65.6 Å². The molecule has 0 N–H and O–H groups in total. The highest BCUT2D eigenvalue weighted by Gasteiger charge is 2.18. The van der Waals surface area contributed by atoms with Crippen LogP contribution >= 0.6 is 22.6 Å². The lowest BCUT2D eigenvalue weighted by molar-refractivity contribution is 0.289. The van der Waals surface area contributed by atoms with E-state index >= 15 is 0 Å². The number of rotatable bonds is 2. The molecule has 1 nitrogen and oxygen atoms in total. The molecule has 0 radical (unpaired) electrons. The van der Waals surface area contributed by atoms with Crippen molar-refractivity contribution in [2.24, 2.45) is 0 Å². The standard InChI is InChI=1S/C6H14IN/c1-5-6(2,7)8(3)4/h5H2,1-4H3. The van der Waals surface area contributed by atoms with Crippen LogP contribution in [0.25, 0.3) is 0 Å². The van der Waals surface area contributed by atoms with E-state index in [2.05, 4.69) is 55.4 Å². The van der Waals surface area contributed by atoms with Crippen molar-refractivity contribution in [3.63, 3.8) is 0 Å². The van der Waals surface area contributed by atoms with E-state index in [9.17, 15) is 0 Å². The highest BCUT2D eigenvalue weighted by atomic mass is 127. The van der Waals surface area contributed by atoms with E-state index in [4.69, 9.17) is 0 Å². The second-order valence-electron chi connectivity index (χ2n) is 2.39. The molecule has 0 aromatic rings. The van der Waals surface area contributed by atoms with Crippen molar-refractivity contribution in [2.45, 2.75) is 23.8 Å². The highest BCUT2D eigenvalue weighted by molar-refractivity contribution is 14.1. The minimum atomic E-state index is 0.345. The van der Waals surface area contributed by atoms with Crippen LogP contribution in [-0.2, 0) is 0 Å². The SMILES string of the molecule is CCC(C)(I)N(C)C. The third-order valence-electron chi connectivity index (χ3n) is 1.58. The van der Waals surface area contributed by atoms with Crippen LogP contribution in [0.1, 0.15) is 20.3 Å². The largest absolute Gasteiger partial charge is 0.296 e. The number of hydrogen-bond donors (Lipinski definition) is 0. The lowest BCUT2D eigenvalue weighted by Gasteiger charge is -2.28. The zero-order valence-corrected chi connectivity index (χ0v) is 8.19. The van der Waals surface area contributed by atoms with Crippen molar-refractivity contribution in [2.75, 3.05) is 14.1 Å². The minimum Gasteiger partial charge on any atom is -0.296 e. The zero-order chi connectivity index (χ0) is 6.78. The fourth-order valence-corrected chi connectivity index (χ4v) is 0.316. The van der Waals surface area contributed by atoms with Crippen LogP contribution < -0.4 is 0 Å². The zero-order valence-electron chi connectivity index (χ0n) is 6.03. The molecule has 0 aliphatic carbocycles. The molecule has 0 bridgehead atoms. The van der Waals surface area contributed by atoms with E-state index in [1.807, 2.05) is 0 Å². The number of halogens is 1. The molecule has 2 heteroatoms. The number of hydrogen-bond acceptors (Lipinski definition) is 1. The summed E-state index contributed by atoms with van der Waals surface area (Å²) < 4.78 is 0.345. The molecule has 0 spiro atoms. The molecule has 1 atom stereocenters. The van der Waals surface area contributed by atoms with Gasteiger partial charge in [0.2, 0.25) is 0 Å². The molecule has 0 aliphatic rings. The molecule has 0 saturated carbocycles. The Morgan fingerprint density at radius 1 is 1.50 bits per heavy atom. The normalized spacial score (nSPS) is 18.8. The smallest absolute Gasteiger partial charge is 0.0694 e. The van der Waals surface area contributed by atoms with Gasteiger partial charge in [-0.05, 0) is 27.4 Å². The first-order valence-electron chi connectivity index (χ1n) is 2.87. The maximum absolute atomic E-state index is 2.46. The first-order valence-corrected chi connectivity index (χ1v) is 3.95. The summed E-state index contributed by atoms with van der Waals surface area (Å²) in [5.74, 6) is 0. The van der Waals surface area contributed by atoms with Crippen LogP contribution in [-0.4, -0.2) is 22.5 Å². The maximum atomic E-state index is 2.46. The molecular weight excluding hydrogens is 213 g/mol. The van der Waals surface area contributed by atoms with E-state index in [1.54, 1.807) is 0 Å². The van der Waals surface area contributed by atoms with Gasteiger partial charge in [0, 0.05) is 0 Å². The third-order valence-corrected chi connectivity index (χ3v) is 3.31. The van der Waals surface area contributed by atoms with Gasteiger partial charge in [0.1, 0.15) is 0 Å². The van der Waals surface area contributed by atoms with Crippen LogP contribution in [0.5, 0.6) is 0 Å². The van der Waals surface area contributed by atoms with Crippen molar-refractivity contribution in [1.82, 2.24) is 4.90 Å². The van der Waals surface area contributed by atoms with Gasteiger partial charge in [-0.3, -0.25) is 4.90 Å². The predicted molar refractivity (Wildman–Crippen MR) is 46.4 cm³/mol. The van der Waals surface area contributed by atoms with Crippen LogP contribution in [0.3, 0.4) is 0 Å². The van der Waals surface area contributed by atoms with Crippen molar-refractivity contribution in [3.05, 3.63) is 0 Å². The second kappa shape index (κ2) is 3.01. The topological polar surface area (TPSA) is 3.24 Å². The van der Waals surface area contributed by atoms with Crippen molar-refractivity contribution in [1.29, 1.82) is 0 Å². The van der Waals surface area contributed by atoms with E-state index in [1.165, 1.54) is 6.42 Å². The summed E-state index contributed by atoms with van der Waals surface area (Å²) in [6, 6.07) is 0. The fraction of sp³-hybridized carbons (Fsp3) is 1.00. The van der Waals surface area contributed by atoms with Crippen molar-refractivity contribution < 1.29 is 0 Å². The molecule has 1 unspecified atom stereocenters. The highest BCUT2D eigenvalue weighted by Crippen LogP contribution is 2.23. The van der Waals surface area contributed by atoms with Gasteiger partial charge in [-0.25, -0.2) is 0 Å². The lowest BCUT2D eigenvalue weighted by Crippen LogP contribution is -2.33. The first kappa shape index (κ1) is 8.69. The average molecular weight is 227 g/mol. The Morgan fingerprint density at radius 2 is 1.88 bits per heavy atom. The van der Waals surface area contributed by atoms with Gasteiger partial charge < -0.3 is 0 Å².